The molecule has 4 rings (SSSR count). The van der Waals surface area contributed by atoms with Crippen molar-refractivity contribution >= 4 is 49.5 Å². The highest BCUT2D eigenvalue weighted by Crippen LogP contribution is 2.32. The third kappa shape index (κ3) is 4.69. The van der Waals surface area contributed by atoms with Crippen LogP contribution in [0.3, 0.4) is 0 Å². The molecule has 1 fully saturated rings. The molecule has 3 aromatic rings. The van der Waals surface area contributed by atoms with Crippen molar-refractivity contribution in [3.63, 3.8) is 0 Å². The minimum absolute atomic E-state index is 0.191. The number of nitrogens with zero attached hydrogens (tertiary/aromatic N) is 3. The van der Waals surface area contributed by atoms with E-state index < -0.39 is 28.7 Å². The predicted molar refractivity (Wildman–Crippen MR) is 119 cm³/mol. The van der Waals surface area contributed by atoms with E-state index in [1.165, 1.54) is 12.1 Å². The van der Waals surface area contributed by atoms with Crippen LogP contribution in [0.1, 0.15) is 5.56 Å². The van der Waals surface area contributed by atoms with Crippen LogP contribution in [0.2, 0.25) is 0 Å². The van der Waals surface area contributed by atoms with Crippen molar-refractivity contribution in [1.82, 2.24) is 8.87 Å². The molecule has 1 aliphatic rings. The number of benzene rings is 2. The average Bonchev–Trinajstić information content (AvgIpc) is 3.13. The van der Waals surface area contributed by atoms with Gasteiger partial charge in [-0.15, -0.1) is 0 Å². The number of piperazine rings is 1. The van der Waals surface area contributed by atoms with Gasteiger partial charge in [0.1, 0.15) is 17.5 Å². The van der Waals surface area contributed by atoms with Gasteiger partial charge < -0.3 is 14.6 Å². The first-order chi connectivity index (χ1) is 15.1. The van der Waals surface area contributed by atoms with Gasteiger partial charge in [0.05, 0.1) is 10.5 Å². The van der Waals surface area contributed by atoms with E-state index in [0.717, 1.165) is 17.5 Å². The second-order valence-corrected chi connectivity index (χ2v) is 9.70. The summed E-state index contributed by atoms with van der Waals surface area (Å²) in [4.78, 5) is 13.6. The van der Waals surface area contributed by atoms with Gasteiger partial charge in [-0.2, -0.15) is 13.2 Å². The fourth-order valence-corrected chi connectivity index (χ4v) is 5.71. The Morgan fingerprint density at radius 2 is 1.72 bits per heavy atom. The summed E-state index contributed by atoms with van der Waals surface area (Å²) < 4.78 is 55.6. The third-order valence-corrected chi connectivity index (χ3v) is 7.82. The fourth-order valence-electron chi connectivity index (χ4n) is 3.72. The van der Waals surface area contributed by atoms with Crippen LogP contribution >= 0.6 is 15.9 Å². The van der Waals surface area contributed by atoms with Crippen molar-refractivity contribution in [3.05, 3.63) is 58.7 Å². The van der Waals surface area contributed by atoms with Gasteiger partial charge >= 0.3 is 12.1 Å². The summed E-state index contributed by atoms with van der Waals surface area (Å²) in [6.07, 6.45) is -2.69. The summed E-state index contributed by atoms with van der Waals surface area (Å²) >= 11 is 3.47. The standard InChI is InChI=1S/C21H19BrF3N3O3S/c22-17-11-14-5-6-27(13-20(29)30)18(14)12-19(17)32(31)28-9-7-26(8-10-28)16-3-1-15(2-4-16)21(23,24)25/h1-6,11-12H,7-10,13H2,(H,29,30). The number of carbonyl (C=O) groups is 1. The van der Waals surface area contributed by atoms with Crippen LogP contribution in [-0.4, -0.2) is 50.3 Å². The zero-order chi connectivity index (χ0) is 23.0. The molecule has 1 unspecified atom stereocenters. The molecular weight excluding hydrogens is 511 g/mol. The average molecular weight is 530 g/mol. The van der Waals surface area contributed by atoms with Gasteiger partial charge in [-0.1, -0.05) is 0 Å². The fraction of sp³-hybridized carbons (Fsp3) is 0.286. The molecule has 170 valence electrons. The zero-order valence-electron chi connectivity index (χ0n) is 16.7. The highest BCUT2D eigenvalue weighted by atomic mass is 79.9. The molecule has 6 nitrogen and oxygen atoms in total. The maximum Gasteiger partial charge on any atom is 0.416 e. The van der Waals surface area contributed by atoms with Crippen LogP contribution in [-0.2, 0) is 28.5 Å². The van der Waals surface area contributed by atoms with Gasteiger partial charge in [0, 0.05) is 53.4 Å². The number of alkyl halides is 3. The number of carboxylic acid groups (broad SMARTS) is 1. The van der Waals surface area contributed by atoms with Crippen LogP contribution in [0.15, 0.2) is 58.0 Å². The number of halogens is 4. The highest BCUT2D eigenvalue weighted by molar-refractivity contribution is 9.10. The quantitative estimate of drug-likeness (QED) is 0.533. The second-order valence-electron chi connectivity index (χ2n) is 7.39. The first-order valence-corrected chi connectivity index (χ1v) is 11.6. The topological polar surface area (TPSA) is 65.8 Å². The minimum Gasteiger partial charge on any atom is -0.480 e. The number of anilines is 1. The molecule has 2 aromatic carbocycles. The Morgan fingerprint density at radius 3 is 2.31 bits per heavy atom. The number of carboxylic acids is 1. The maximum atomic E-state index is 13.3. The van der Waals surface area contributed by atoms with Crippen LogP contribution in [0, 0.1) is 0 Å². The summed E-state index contributed by atoms with van der Waals surface area (Å²) in [5.74, 6) is -0.965. The van der Waals surface area contributed by atoms with Crippen LogP contribution in [0.4, 0.5) is 18.9 Å². The van der Waals surface area contributed by atoms with Gasteiger partial charge in [0.2, 0.25) is 0 Å². The normalized spacial score (nSPS) is 16.4. The van der Waals surface area contributed by atoms with Crippen molar-refractivity contribution in [2.24, 2.45) is 0 Å². The number of aliphatic carboxylic acids is 1. The van der Waals surface area contributed by atoms with Gasteiger partial charge in [-0.25, -0.2) is 8.51 Å². The summed E-state index contributed by atoms with van der Waals surface area (Å²) in [5.41, 5.74) is 0.689. The first kappa shape index (κ1) is 22.8. The van der Waals surface area contributed by atoms with Crippen molar-refractivity contribution in [1.29, 1.82) is 0 Å². The van der Waals surface area contributed by atoms with Crippen molar-refractivity contribution in [2.45, 2.75) is 17.6 Å². The summed E-state index contributed by atoms with van der Waals surface area (Å²) in [5, 5.41) is 9.94. The van der Waals surface area contributed by atoms with Gasteiger partial charge in [-0.3, -0.25) is 4.79 Å². The highest BCUT2D eigenvalue weighted by Gasteiger charge is 2.30. The van der Waals surface area contributed by atoms with E-state index in [9.17, 15) is 22.2 Å². The number of fused-ring (bicyclic) bond motifs is 1. The minimum atomic E-state index is -4.37. The second kappa shape index (κ2) is 8.87. The SMILES string of the molecule is O=C(O)Cn1ccc2cc(Br)c(S(=O)N3CCN(c4ccc(C(F)(F)F)cc4)CC3)cc21. The van der Waals surface area contributed by atoms with E-state index in [4.69, 9.17) is 5.11 Å². The molecule has 1 atom stereocenters. The maximum absolute atomic E-state index is 13.3. The smallest absolute Gasteiger partial charge is 0.416 e. The van der Waals surface area contributed by atoms with Crippen molar-refractivity contribution in [2.75, 3.05) is 31.1 Å². The Morgan fingerprint density at radius 1 is 1.06 bits per heavy atom. The summed E-state index contributed by atoms with van der Waals surface area (Å²) in [6.45, 7) is 1.78. The lowest BCUT2D eigenvalue weighted by Gasteiger charge is -2.35. The summed E-state index contributed by atoms with van der Waals surface area (Å²) in [7, 11) is -1.48. The molecule has 0 radical (unpaired) electrons. The molecule has 1 N–H and O–H groups in total. The number of hydrogen-bond donors (Lipinski definition) is 1. The van der Waals surface area contributed by atoms with Crippen LogP contribution < -0.4 is 4.90 Å². The van der Waals surface area contributed by atoms with Gasteiger partial charge in [0.15, 0.2) is 0 Å². The van der Waals surface area contributed by atoms with E-state index in [1.54, 1.807) is 27.2 Å². The molecule has 0 aliphatic carbocycles. The van der Waals surface area contributed by atoms with E-state index in [1.807, 2.05) is 11.0 Å². The largest absolute Gasteiger partial charge is 0.480 e. The lowest BCUT2D eigenvalue weighted by Crippen LogP contribution is -2.47. The Balaban J connectivity index is 1.48. The molecule has 1 saturated heterocycles. The van der Waals surface area contributed by atoms with Crippen molar-refractivity contribution < 1.29 is 27.3 Å². The molecule has 2 heterocycles. The Kier molecular flexibility index (Phi) is 6.33. The molecule has 1 aliphatic heterocycles. The van der Waals surface area contributed by atoms with Gasteiger partial charge in [-0.05, 0) is 58.4 Å². The van der Waals surface area contributed by atoms with E-state index in [-0.39, 0.29) is 6.54 Å². The van der Waals surface area contributed by atoms with E-state index in [2.05, 4.69) is 15.9 Å². The number of aromatic nitrogens is 1. The van der Waals surface area contributed by atoms with Gasteiger partial charge in [0.25, 0.3) is 0 Å². The predicted octanol–water partition coefficient (Wildman–Crippen LogP) is 4.35. The molecular formula is C21H19BrF3N3O3S. The Hall–Kier alpha value is -2.37. The monoisotopic (exact) mass is 529 g/mol. The lowest BCUT2D eigenvalue weighted by atomic mass is 10.2. The third-order valence-electron chi connectivity index (χ3n) is 5.35. The molecule has 11 heteroatoms. The molecule has 32 heavy (non-hydrogen) atoms. The molecule has 0 saturated carbocycles. The first-order valence-electron chi connectivity index (χ1n) is 9.73. The van der Waals surface area contributed by atoms with Crippen LogP contribution in [0.25, 0.3) is 10.9 Å². The van der Waals surface area contributed by atoms with Crippen molar-refractivity contribution in [3.8, 4) is 0 Å². The Bertz CT molecular complexity index is 1170. The number of hydrogen-bond acceptors (Lipinski definition) is 3. The molecule has 1 aromatic heterocycles. The number of rotatable bonds is 5. The Labute approximate surface area is 192 Å². The van der Waals surface area contributed by atoms with E-state index >= 15 is 0 Å². The summed E-state index contributed by atoms with van der Waals surface area (Å²) in [6, 6.07) is 10.4. The van der Waals surface area contributed by atoms with Crippen LogP contribution in [0.5, 0.6) is 0 Å². The lowest BCUT2D eigenvalue weighted by molar-refractivity contribution is -0.138. The zero-order valence-corrected chi connectivity index (χ0v) is 19.1. The molecule has 0 amide bonds. The molecule has 0 bridgehead atoms. The molecule has 0 spiro atoms. The van der Waals surface area contributed by atoms with E-state index in [0.29, 0.717) is 46.8 Å².